The Morgan fingerprint density at radius 3 is 3.00 bits per heavy atom. The average molecular weight is 369 g/mol. The molecule has 0 fully saturated rings. The Balaban J connectivity index is 1.32. The van der Waals surface area contributed by atoms with Crippen LogP contribution in [-0.2, 0) is 11.2 Å². The minimum atomic E-state index is 0.0143. The van der Waals surface area contributed by atoms with E-state index in [4.69, 9.17) is 4.74 Å². The van der Waals surface area contributed by atoms with E-state index >= 15 is 0 Å². The van der Waals surface area contributed by atoms with Gasteiger partial charge >= 0.3 is 0 Å². The maximum Gasteiger partial charge on any atom is 0.232 e. The number of likely N-dealkylation sites (N-methyl/N-ethyl adjacent to an activating group) is 1. The molecule has 0 saturated heterocycles. The van der Waals surface area contributed by atoms with Crippen LogP contribution in [0.4, 0.5) is 0 Å². The minimum Gasteiger partial charge on any atom is -0.488 e. The molecule has 0 radical (unpaired) electrons. The first-order valence-electron chi connectivity index (χ1n) is 8.40. The second kappa shape index (κ2) is 6.95. The first-order valence-corrected chi connectivity index (χ1v) is 9.39. The number of rotatable bonds is 5. The predicted octanol–water partition coefficient (Wildman–Crippen LogP) is 1.99. The molecule has 8 heteroatoms. The molecule has 1 amide bonds. The largest absolute Gasteiger partial charge is 0.488 e. The van der Waals surface area contributed by atoms with Gasteiger partial charge < -0.3 is 9.64 Å². The van der Waals surface area contributed by atoms with Crippen LogP contribution in [0, 0.1) is 6.92 Å². The maximum atomic E-state index is 12.4. The monoisotopic (exact) mass is 369 g/mol. The van der Waals surface area contributed by atoms with Crippen molar-refractivity contribution in [2.45, 2.75) is 24.5 Å². The van der Waals surface area contributed by atoms with E-state index in [1.807, 2.05) is 44.3 Å². The summed E-state index contributed by atoms with van der Waals surface area (Å²) in [5, 5.41) is 13.2. The van der Waals surface area contributed by atoms with Crippen LogP contribution in [0.3, 0.4) is 0 Å². The molecule has 1 atom stereocenters. The van der Waals surface area contributed by atoms with Gasteiger partial charge in [-0.15, -0.1) is 10.2 Å². The number of carbonyl (C=O) groups excluding carboxylic acids is 1. The zero-order valence-corrected chi connectivity index (χ0v) is 15.4. The highest BCUT2D eigenvalue weighted by Crippen LogP contribution is 2.28. The number of aromatic nitrogens is 4. The third-order valence-electron chi connectivity index (χ3n) is 4.35. The van der Waals surface area contributed by atoms with E-state index < -0.39 is 0 Å². The summed E-state index contributed by atoms with van der Waals surface area (Å²) in [7, 11) is 1.82. The van der Waals surface area contributed by atoms with Gasteiger partial charge in [0.05, 0.1) is 12.3 Å². The summed E-state index contributed by atoms with van der Waals surface area (Å²) in [5.41, 5.74) is 1.91. The van der Waals surface area contributed by atoms with Crippen molar-refractivity contribution in [3.05, 3.63) is 47.8 Å². The average Bonchev–Trinajstić information content (AvgIpc) is 3.22. The Labute approximate surface area is 155 Å². The van der Waals surface area contributed by atoms with Crippen LogP contribution < -0.4 is 4.74 Å². The van der Waals surface area contributed by atoms with Crippen molar-refractivity contribution in [1.82, 2.24) is 24.7 Å². The highest BCUT2D eigenvalue weighted by atomic mass is 32.2. The highest BCUT2D eigenvalue weighted by molar-refractivity contribution is 7.99. The van der Waals surface area contributed by atoms with E-state index in [0.29, 0.717) is 17.9 Å². The van der Waals surface area contributed by atoms with Crippen LogP contribution in [0.5, 0.6) is 5.75 Å². The number of carbonyl (C=O) groups is 1. The van der Waals surface area contributed by atoms with Crippen LogP contribution in [0.1, 0.15) is 11.4 Å². The first-order chi connectivity index (χ1) is 12.6. The van der Waals surface area contributed by atoms with Gasteiger partial charge in [0.15, 0.2) is 11.5 Å². The van der Waals surface area contributed by atoms with Crippen molar-refractivity contribution >= 4 is 23.3 Å². The van der Waals surface area contributed by atoms with Crippen molar-refractivity contribution in [2.24, 2.45) is 0 Å². The van der Waals surface area contributed by atoms with Crippen molar-refractivity contribution in [3.63, 3.8) is 0 Å². The smallest absolute Gasteiger partial charge is 0.232 e. The molecule has 134 valence electrons. The van der Waals surface area contributed by atoms with Gasteiger partial charge in [-0.3, -0.25) is 4.79 Å². The van der Waals surface area contributed by atoms with Crippen LogP contribution >= 0.6 is 11.8 Å². The number of nitrogens with zero attached hydrogens (tertiary/aromatic N) is 5. The van der Waals surface area contributed by atoms with Crippen LogP contribution in [0.15, 0.2) is 41.4 Å². The van der Waals surface area contributed by atoms with Gasteiger partial charge in [-0.05, 0) is 30.7 Å². The molecule has 26 heavy (non-hydrogen) atoms. The summed E-state index contributed by atoms with van der Waals surface area (Å²) >= 11 is 1.41. The van der Waals surface area contributed by atoms with Gasteiger partial charge in [0.1, 0.15) is 16.9 Å². The van der Waals surface area contributed by atoms with E-state index in [1.54, 1.807) is 9.42 Å². The first kappa shape index (κ1) is 16.8. The zero-order valence-electron chi connectivity index (χ0n) is 14.6. The molecule has 1 aliphatic rings. The summed E-state index contributed by atoms with van der Waals surface area (Å²) in [6.45, 7) is 2.42. The van der Waals surface area contributed by atoms with Gasteiger partial charge in [0, 0.05) is 13.5 Å². The third-order valence-corrected chi connectivity index (χ3v) is 5.26. The molecule has 0 aliphatic carbocycles. The molecule has 0 saturated carbocycles. The quantitative estimate of drug-likeness (QED) is 0.641. The van der Waals surface area contributed by atoms with Gasteiger partial charge in [-0.25, -0.2) is 0 Å². The number of benzene rings is 1. The molecule has 0 bridgehead atoms. The van der Waals surface area contributed by atoms with Crippen LogP contribution in [0.25, 0.3) is 5.65 Å². The van der Waals surface area contributed by atoms with Gasteiger partial charge in [-0.2, -0.15) is 9.61 Å². The number of ether oxygens (including phenoxy) is 1. The van der Waals surface area contributed by atoms with Crippen molar-refractivity contribution in [2.75, 3.05) is 19.3 Å². The molecule has 1 aromatic carbocycles. The molecule has 0 N–H and O–H groups in total. The SMILES string of the molecule is Cc1nnc2ccc(SCC(=O)N(C)C[C@@H]3Cc4ccccc4O3)nn12. The number of hydrogen-bond acceptors (Lipinski definition) is 6. The summed E-state index contributed by atoms with van der Waals surface area (Å²) < 4.78 is 7.59. The van der Waals surface area contributed by atoms with Crippen molar-refractivity contribution < 1.29 is 9.53 Å². The van der Waals surface area contributed by atoms with E-state index in [-0.39, 0.29) is 12.0 Å². The number of para-hydroxylation sites is 1. The third kappa shape index (κ3) is 3.37. The summed E-state index contributed by atoms with van der Waals surface area (Å²) in [6.07, 6.45) is 0.854. The van der Waals surface area contributed by atoms with Gasteiger partial charge in [-0.1, -0.05) is 30.0 Å². The molecule has 4 rings (SSSR count). The standard InChI is InChI=1S/C18H19N5O2S/c1-12-19-20-16-7-8-17(21-23(12)16)26-11-18(24)22(2)10-14-9-13-5-3-4-6-15(13)25-14/h3-8,14H,9-11H2,1-2H3/t14-/m0/s1. The Morgan fingerprint density at radius 1 is 1.31 bits per heavy atom. The summed E-state index contributed by atoms with van der Waals surface area (Å²) in [6, 6.07) is 11.7. The van der Waals surface area contributed by atoms with Crippen LogP contribution in [-0.4, -0.2) is 56.1 Å². The normalized spacial score (nSPS) is 15.7. The molecule has 1 aliphatic heterocycles. The Hall–Kier alpha value is -2.61. The van der Waals surface area contributed by atoms with Crippen LogP contribution in [0.2, 0.25) is 0 Å². The van der Waals surface area contributed by atoms with Gasteiger partial charge in [0.25, 0.3) is 0 Å². The fraction of sp³-hybridized carbons (Fsp3) is 0.333. The summed E-state index contributed by atoms with van der Waals surface area (Å²) in [5.74, 6) is 2.03. The fourth-order valence-corrected chi connectivity index (χ4v) is 3.76. The molecule has 7 nitrogen and oxygen atoms in total. The topological polar surface area (TPSA) is 72.6 Å². The Morgan fingerprint density at radius 2 is 2.15 bits per heavy atom. The number of thioether (sulfide) groups is 1. The molecule has 2 aromatic heterocycles. The second-order valence-electron chi connectivity index (χ2n) is 6.30. The lowest BCUT2D eigenvalue weighted by atomic mass is 10.1. The molecular formula is C18H19N5O2S. The molecular weight excluding hydrogens is 350 g/mol. The predicted molar refractivity (Wildman–Crippen MR) is 98.4 cm³/mol. The molecule has 0 unspecified atom stereocenters. The van der Waals surface area contributed by atoms with E-state index in [1.165, 1.54) is 17.3 Å². The minimum absolute atomic E-state index is 0.0143. The molecule has 3 heterocycles. The molecule has 0 spiro atoms. The lowest BCUT2D eigenvalue weighted by Gasteiger charge is -2.21. The maximum absolute atomic E-state index is 12.4. The number of amides is 1. The lowest BCUT2D eigenvalue weighted by Crippen LogP contribution is -2.37. The lowest BCUT2D eigenvalue weighted by molar-refractivity contribution is -0.128. The van der Waals surface area contributed by atoms with Crippen molar-refractivity contribution in [3.8, 4) is 5.75 Å². The number of fused-ring (bicyclic) bond motifs is 2. The highest BCUT2D eigenvalue weighted by Gasteiger charge is 2.25. The summed E-state index contributed by atoms with van der Waals surface area (Å²) in [4.78, 5) is 14.2. The van der Waals surface area contributed by atoms with E-state index in [9.17, 15) is 4.79 Å². The Bertz CT molecular complexity index is 933. The fourth-order valence-electron chi connectivity index (χ4n) is 2.97. The number of aryl methyl sites for hydroxylation is 1. The zero-order chi connectivity index (χ0) is 18.1. The number of hydrogen-bond donors (Lipinski definition) is 0. The Kier molecular flexibility index (Phi) is 4.50. The molecule has 3 aromatic rings. The second-order valence-corrected chi connectivity index (χ2v) is 7.30. The van der Waals surface area contributed by atoms with E-state index in [0.717, 1.165) is 23.0 Å². The van der Waals surface area contributed by atoms with Crippen molar-refractivity contribution in [1.29, 1.82) is 0 Å². The van der Waals surface area contributed by atoms with E-state index in [2.05, 4.69) is 21.4 Å². The van der Waals surface area contributed by atoms with Gasteiger partial charge in [0.2, 0.25) is 5.91 Å².